The monoisotopic (exact) mass is 374 g/mol. The molecule has 2 bridgehead atoms. The third-order valence-corrected chi connectivity index (χ3v) is 5.94. The fraction of sp³-hybridized carbons (Fsp3) is 0.318. The highest BCUT2D eigenvalue weighted by molar-refractivity contribution is 5.94. The molecule has 142 valence electrons. The normalized spacial score (nSPS) is 20.7. The number of rotatable bonds is 2. The van der Waals surface area contributed by atoms with E-state index in [1.54, 1.807) is 10.7 Å². The van der Waals surface area contributed by atoms with Gasteiger partial charge in [0, 0.05) is 49.9 Å². The zero-order chi connectivity index (χ0) is 19.3. The summed E-state index contributed by atoms with van der Waals surface area (Å²) < 4.78 is 3.56. The number of hydrogen-bond acceptors (Lipinski definition) is 3. The number of fused-ring (bicyclic) bond motifs is 4. The van der Waals surface area contributed by atoms with Crippen molar-refractivity contribution in [3.05, 3.63) is 76.3 Å². The highest BCUT2D eigenvalue weighted by atomic mass is 16.2. The van der Waals surface area contributed by atoms with Gasteiger partial charge in [0.15, 0.2) is 0 Å². The zero-order valence-corrected chi connectivity index (χ0v) is 15.8. The first-order chi connectivity index (χ1) is 13.6. The van der Waals surface area contributed by atoms with Gasteiger partial charge in [0.25, 0.3) is 11.5 Å². The molecule has 4 heterocycles. The largest absolute Gasteiger partial charge is 0.336 e. The van der Waals surface area contributed by atoms with Crippen LogP contribution in [0.1, 0.15) is 28.5 Å². The Balaban J connectivity index is 1.43. The maximum Gasteiger partial charge on any atom is 0.272 e. The van der Waals surface area contributed by atoms with Gasteiger partial charge in [0.1, 0.15) is 5.69 Å². The number of likely N-dealkylation sites (tertiary alicyclic amines) is 1. The number of pyridine rings is 1. The van der Waals surface area contributed by atoms with Crippen molar-refractivity contribution in [2.75, 3.05) is 13.1 Å². The number of nitrogens with zero attached hydrogens (tertiary/aromatic N) is 4. The molecule has 2 aliphatic rings. The predicted octanol–water partition coefficient (Wildman–Crippen LogP) is 2.51. The second-order valence-electron chi connectivity index (χ2n) is 7.81. The van der Waals surface area contributed by atoms with Gasteiger partial charge >= 0.3 is 0 Å². The molecule has 0 spiro atoms. The fourth-order valence-electron chi connectivity index (χ4n) is 4.64. The van der Waals surface area contributed by atoms with E-state index in [0.717, 1.165) is 23.4 Å². The molecule has 3 aromatic rings. The lowest BCUT2D eigenvalue weighted by Crippen LogP contribution is -2.49. The summed E-state index contributed by atoms with van der Waals surface area (Å²) in [5.74, 6) is 0.544. The molecule has 1 aromatic carbocycles. The maximum atomic E-state index is 13.3. The molecule has 1 saturated heterocycles. The van der Waals surface area contributed by atoms with Crippen molar-refractivity contribution in [2.24, 2.45) is 13.0 Å². The molecule has 0 radical (unpaired) electrons. The Bertz CT molecular complexity index is 1100. The number of aryl methyl sites for hydroxylation is 1. The molecule has 6 heteroatoms. The average Bonchev–Trinajstić information content (AvgIpc) is 3.10. The van der Waals surface area contributed by atoms with Crippen LogP contribution in [-0.2, 0) is 13.6 Å². The van der Waals surface area contributed by atoms with Gasteiger partial charge in [-0.15, -0.1) is 0 Å². The van der Waals surface area contributed by atoms with Crippen LogP contribution in [0.15, 0.2) is 59.4 Å². The van der Waals surface area contributed by atoms with Gasteiger partial charge in [-0.25, -0.2) is 0 Å². The number of piperidine rings is 1. The van der Waals surface area contributed by atoms with Crippen LogP contribution in [0.3, 0.4) is 0 Å². The van der Waals surface area contributed by atoms with Crippen LogP contribution >= 0.6 is 0 Å². The predicted molar refractivity (Wildman–Crippen MR) is 106 cm³/mol. The SMILES string of the molecule is Cn1nc(-c2ccccc2)cc1C(=O)N1C[C@H]2C[C@H](C1)c1cccc(=O)n1C2. The van der Waals surface area contributed by atoms with Crippen LogP contribution in [0.25, 0.3) is 11.3 Å². The molecule has 6 nitrogen and oxygen atoms in total. The van der Waals surface area contributed by atoms with Crippen molar-refractivity contribution in [1.29, 1.82) is 0 Å². The highest BCUT2D eigenvalue weighted by Crippen LogP contribution is 2.35. The summed E-state index contributed by atoms with van der Waals surface area (Å²) in [4.78, 5) is 27.4. The molecule has 2 aromatic heterocycles. The molecule has 2 aliphatic heterocycles. The van der Waals surface area contributed by atoms with Crippen LogP contribution in [0.5, 0.6) is 0 Å². The topological polar surface area (TPSA) is 60.1 Å². The summed E-state index contributed by atoms with van der Waals surface area (Å²) in [6.07, 6.45) is 1.04. The average molecular weight is 374 g/mol. The van der Waals surface area contributed by atoms with E-state index in [4.69, 9.17) is 0 Å². The number of amides is 1. The van der Waals surface area contributed by atoms with Crippen LogP contribution in [0.4, 0.5) is 0 Å². The van der Waals surface area contributed by atoms with Crippen LogP contribution in [-0.4, -0.2) is 38.2 Å². The summed E-state index contributed by atoms with van der Waals surface area (Å²) in [7, 11) is 1.82. The van der Waals surface area contributed by atoms with E-state index >= 15 is 0 Å². The molecule has 1 fully saturated rings. The van der Waals surface area contributed by atoms with E-state index in [1.807, 2.05) is 65.0 Å². The number of benzene rings is 1. The standard InChI is InChI=1S/C22H22N4O2/c1-24-20(11-18(23-24)16-6-3-2-4-7-16)22(28)25-12-15-10-17(14-25)19-8-5-9-21(27)26(19)13-15/h2-9,11,15,17H,10,12-14H2,1H3/t15-,17-/m1/s1. The Morgan fingerprint density at radius 2 is 1.86 bits per heavy atom. The molecule has 28 heavy (non-hydrogen) atoms. The second-order valence-corrected chi connectivity index (χ2v) is 7.81. The van der Waals surface area contributed by atoms with Gasteiger partial charge in [-0.05, 0) is 24.5 Å². The molecular weight excluding hydrogens is 352 g/mol. The van der Waals surface area contributed by atoms with Crippen molar-refractivity contribution >= 4 is 5.91 Å². The first kappa shape index (κ1) is 17.0. The smallest absolute Gasteiger partial charge is 0.272 e. The molecule has 1 amide bonds. The molecule has 2 atom stereocenters. The van der Waals surface area contributed by atoms with Crippen molar-refractivity contribution in [3.63, 3.8) is 0 Å². The minimum absolute atomic E-state index is 0.0126. The fourth-order valence-corrected chi connectivity index (χ4v) is 4.64. The summed E-state index contributed by atoms with van der Waals surface area (Å²) >= 11 is 0. The van der Waals surface area contributed by atoms with Gasteiger partial charge < -0.3 is 9.47 Å². The lowest BCUT2D eigenvalue weighted by molar-refractivity contribution is 0.0584. The van der Waals surface area contributed by atoms with E-state index in [9.17, 15) is 9.59 Å². The van der Waals surface area contributed by atoms with E-state index in [2.05, 4.69) is 5.10 Å². The van der Waals surface area contributed by atoms with Crippen LogP contribution in [0, 0.1) is 5.92 Å². The Morgan fingerprint density at radius 3 is 2.68 bits per heavy atom. The van der Waals surface area contributed by atoms with Gasteiger partial charge in [-0.3, -0.25) is 14.3 Å². The van der Waals surface area contributed by atoms with Crippen LogP contribution in [0.2, 0.25) is 0 Å². The summed E-state index contributed by atoms with van der Waals surface area (Å²) in [5, 5.41) is 4.54. The van der Waals surface area contributed by atoms with Crippen molar-refractivity contribution < 1.29 is 4.79 Å². The zero-order valence-electron chi connectivity index (χ0n) is 15.8. The molecule has 5 rings (SSSR count). The maximum absolute atomic E-state index is 13.3. The highest BCUT2D eigenvalue weighted by Gasteiger charge is 2.37. The molecule has 0 aliphatic carbocycles. The van der Waals surface area contributed by atoms with E-state index in [-0.39, 0.29) is 17.4 Å². The quantitative estimate of drug-likeness (QED) is 0.692. The van der Waals surface area contributed by atoms with E-state index in [0.29, 0.717) is 31.2 Å². The number of carbonyl (C=O) groups is 1. The van der Waals surface area contributed by atoms with Crippen molar-refractivity contribution in [2.45, 2.75) is 18.9 Å². The lowest BCUT2D eigenvalue weighted by Gasteiger charge is -2.42. The van der Waals surface area contributed by atoms with E-state index in [1.165, 1.54) is 0 Å². The van der Waals surface area contributed by atoms with Crippen molar-refractivity contribution in [1.82, 2.24) is 19.2 Å². The third kappa shape index (κ3) is 2.76. The minimum atomic E-state index is 0.0126. The first-order valence-corrected chi connectivity index (χ1v) is 9.68. The molecular formula is C22H22N4O2. The molecule has 0 saturated carbocycles. The number of carbonyl (C=O) groups excluding carboxylic acids is 1. The Labute approximate surface area is 163 Å². The van der Waals surface area contributed by atoms with E-state index < -0.39 is 0 Å². The van der Waals surface area contributed by atoms with Crippen LogP contribution < -0.4 is 5.56 Å². The summed E-state index contributed by atoms with van der Waals surface area (Å²) in [6.45, 7) is 2.02. The van der Waals surface area contributed by atoms with Gasteiger partial charge in [0.2, 0.25) is 0 Å². The second kappa shape index (κ2) is 6.48. The minimum Gasteiger partial charge on any atom is -0.336 e. The van der Waals surface area contributed by atoms with Crippen molar-refractivity contribution in [3.8, 4) is 11.3 Å². The summed E-state index contributed by atoms with van der Waals surface area (Å²) in [5.41, 5.74) is 3.52. The number of hydrogen-bond donors (Lipinski definition) is 0. The molecule has 0 unspecified atom stereocenters. The Morgan fingerprint density at radius 1 is 1.04 bits per heavy atom. The van der Waals surface area contributed by atoms with Gasteiger partial charge in [-0.1, -0.05) is 36.4 Å². The first-order valence-electron chi connectivity index (χ1n) is 9.68. The van der Waals surface area contributed by atoms with Gasteiger partial charge in [0.05, 0.1) is 5.69 Å². The Hall–Kier alpha value is -3.15. The van der Waals surface area contributed by atoms with Gasteiger partial charge in [-0.2, -0.15) is 5.10 Å². The summed E-state index contributed by atoms with van der Waals surface area (Å²) in [6, 6.07) is 17.2. The number of aromatic nitrogens is 3. The Kier molecular flexibility index (Phi) is 3.93. The lowest BCUT2D eigenvalue weighted by atomic mass is 9.83. The molecule has 0 N–H and O–H groups in total. The third-order valence-electron chi connectivity index (χ3n) is 5.94.